The fourth-order valence-electron chi connectivity index (χ4n) is 3.60. The van der Waals surface area contributed by atoms with Crippen molar-refractivity contribution >= 4 is 84.4 Å². The molecule has 2 radical (unpaired) electrons. The van der Waals surface area contributed by atoms with E-state index < -0.39 is 67.4 Å². The molecule has 232 valence electrons. The summed E-state index contributed by atoms with van der Waals surface area (Å²) in [6.45, 7) is 0. The second kappa shape index (κ2) is 16.8. The molecule has 3 aromatic carbocycles. The number of carbonyl (C=O) groups is 4. The van der Waals surface area contributed by atoms with Gasteiger partial charge in [-0.05, 0) is 24.3 Å². The molecule has 5 aromatic rings. The Labute approximate surface area is 276 Å². The average molecular weight is 826 g/mol. The van der Waals surface area contributed by atoms with E-state index in [4.69, 9.17) is 10.2 Å². The molecule has 18 heteroatoms. The molecule has 0 unspecified atom stereocenters. The first kappa shape index (κ1) is 38.1. The van der Waals surface area contributed by atoms with E-state index in [9.17, 15) is 49.6 Å². The summed E-state index contributed by atoms with van der Waals surface area (Å²) in [5, 5.41) is 60.9. The van der Waals surface area contributed by atoms with Crippen molar-refractivity contribution in [2.75, 3.05) is 0 Å². The van der Waals surface area contributed by atoms with Gasteiger partial charge in [-0.3, -0.25) is 30.2 Å². The Morgan fingerprint density at radius 2 is 0.913 bits per heavy atom. The van der Waals surface area contributed by atoms with Gasteiger partial charge in [-0.1, -0.05) is 24.3 Å². The summed E-state index contributed by atoms with van der Waals surface area (Å²) in [7, 11) is 0. The summed E-state index contributed by atoms with van der Waals surface area (Å²) in [4.78, 5) is 69.5. The quantitative estimate of drug-likeness (QED) is 0.104. The predicted octanol–water partition coefficient (Wildman–Crippen LogP) is 0.891. The minimum atomic E-state index is -1.67. The van der Waals surface area contributed by atoms with E-state index in [2.05, 4.69) is 34.2 Å². The van der Waals surface area contributed by atoms with Gasteiger partial charge in [-0.2, -0.15) is 0 Å². The second-order valence-corrected chi connectivity index (χ2v) is 8.45. The number of aromatic carboxylic acids is 4. The van der Waals surface area contributed by atoms with E-state index in [1.165, 1.54) is 0 Å². The number of aromatic nitrogens is 2. The molecule has 0 spiro atoms. The van der Waals surface area contributed by atoms with E-state index in [0.29, 0.717) is 0 Å². The number of carboxylic acids is 4. The van der Waals surface area contributed by atoms with Crippen molar-refractivity contribution in [2.24, 2.45) is 0 Å². The molecule has 0 bridgehead atoms. The van der Waals surface area contributed by atoms with Crippen LogP contribution in [-0.2, 0) is 0 Å². The van der Waals surface area contributed by atoms with Crippen LogP contribution in [0.15, 0.2) is 85.2 Å². The number of nitro groups is 2. The van der Waals surface area contributed by atoms with Crippen LogP contribution in [0.2, 0.25) is 0 Å². The Kier molecular flexibility index (Phi) is 13.9. The predicted molar refractivity (Wildman–Crippen MR) is 155 cm³/mol. The molecule has 2 aromatic heterocycles. The van der Waals surface area contributed by atoms with Gasteiger partial charge in [0.25, 0.3) is 11.4 Å². The summed E-state index contributed by atoms with van der Waals surface area (Å²) in [5.41, 5.74) is -1.27. The molecule has 2 heterocycles. The van der Waals surface area contributed by atoms with Crippen LogP contribution < -0.4 is 10.2 Å². The second-order valence-electron chi connectivity index (χ2n) is 8.45. The monoisotopic (exact) mass is 826 g/mol. The molecule has 0 aliphatic heterocycles. The average Bonchev–Trinajstić information content (AvgIpc) is 3.01. The topological polar surface area (TPSA) is 298 Å². The van der Waals surface area contributed by atoms with Crippen molar-refractivity contribution in [3.8, 4) is 0 Å². The molecule has 17 nitrogen and oxygen atoms in total. The number of hydrogen-bond acceptors (Lipinski definition) is 12. The molecule has 4 N–H and O–H groups in total. The smallest absolute Gasteiger partial charge is 0.545 e. The summed E-state index contributed by atoms with van der Waals surface area (Å²) < 4.78 is 0. The van der Waals surface area contributed by atoms with Crippen LogP contribution >= 0.6 is 0 Å². The minimum Gasteiger partial charge on any atom is -0.545 e. The van der Waals surface area contributed by atoms with Crippen LogP contribution in [0.25, 0.3) is 21.8 Å². The van der Waals surface area contributed by atoms with Gasteiger partial charge in [-0.25, -0.2) is 9.59 Å². The largest absolute Gasteiger partial charge is 2.00 e. The summed E-state index contributed by atoms with van der Waals surface area (Å²) in [6, 6.07) is 16.8. The molecule has 0 saturated carbocycles. The maximum Gasteiger partial charge on any atom is 2.00 e. The number of fused-ring (bicyclic) bond motifs is 3. The van der Waals surface area contributed by atoms with Crippen molar-refractivity contribution in [3.05, 3.63) is 128 Å². The molecule has 0 amide bonds. The van der Waals surface area contributed by atoms with Gasteiger partial charge in [0.15, 0.2) is 0 Å². The van der Waals surface area contributed by atoms with Gasteiger partial charge in [0.1, 0.15) is 0 Å². The minimum absolute atomic E-state index is 0. The number of hydrogen-bond donors (Lipinski definition) is 2. The molecule has 46 heavy (non-hydrogen) atoms. The van der Waals surface area contributed by atoms with Crippen LogP contribution in [0.4, 0.5) is 11.4 Å². The molecular formula is C28H18N4O13Pb. The van der Waals surface area contributed by atoms with Crippen LogP contribution in [0.5, 0.6) is 0 Å². The molecule has 0 atom stereocenters. The van der Waals surface area contributed by atoms with Crippen molar-refractivity contribution < 1.29 is 54.9 Å². The zero-order valence-corrected chi connectivity index (χ0v) is 26.7. The van der Waals surface area contributed by atoms with Gasteiger partial charge < -0.3 is 35.5 Å². The third-order valence-corrected chi connectivity index (χ3v) is 5.57. The van der Waals surface area contributed by atoms with Crippen molar-refractivity contribution in [3.63, 3.8) is 0 Å². The number of non-ortho nitro benzene ring substituents is 2. The molecule has 0 aliphatic carbocycles. The molecule has 0 fully saturated rings. The normalized spacial score (nSPS) is 9.57. The first-order valence-corrected chi connectivity index (χ1v) is 11.8. The Balaban J connectivity index is 0.000000338. The fourth-order valence-corrected chi connectivity index (χ4v) is 3.60. The van der Waals surface area contributed by atoms with Gasteiger partial charge in [0.2, 0.25) is 0 Å². The van der Waals surface area contributed by atoms with E-state index in [1.54, 1.807) is 12.4 Å². The number of carbonyl (C=O) groups excluding carboxylic acids is 2. The number of nitrogens with zero attached hydrogens (tertiary/aromatic N) is 4. The van der Waals surface area contributed by atoms with Crippen LogP contribution in [-0.4, -0.2) is 86.7 Å². The van der Waals surface area contributed by atoms with E-state index >= 15 is 0 Å². The molecule has 0 aliphatic rings. The van der Waals surface area contributed by atoms with Crippen LogP contribution in [0, 0.1) is 20.2 Å². The molecular weight excluding hydrogens is 808 g/mol. The summed E-state index contributed by atoms with van der Waals surface area (Å²) in [5.74, 6) is -6.22. The third-order valence-electron chi connectivity index (χ3n) is 5.57. The SMILES string of the molecule is O.O=C([O-])c1cc(C(=O)O)cc([N+](=O)[O-])c1.O=C([O-])c1cc(C(=O)O)cc([N+](=O)[O-])c1.[Pb+2].c1cnc2c(c1)ccc1cccnc12. The Morgan fingerprint density at radius 3 is 1.20 bits per heavy atom. The number of rotatable bonds is 6. The van der Waals surface area contributed by atoms with Crippen molar-refractivity contribution in [2.45, 2.75) is 0 Å². The maximum absolute atomic E-state index is 10.5. The summed E-state index contributed by atoms with van der Waals surface area (Å²) in [6.07, 6.45) is 3.60. The number of pyridine rings is 2. The number of benzene rings is 3. The van der Waals surface area contributed by atoms with Gasteiger partial charge >= 0.3 is 39.2 Å². The van der Waals surface area contributed by atoms with Crippen LogP contribution in [0.3, 0.4) is 0 Å². The number of nitro benzene ring substituents is 2. The first-order valence-electron chi connectivity index (χ1n) is 11.8. The van der Waals surface area contributed by atoms with E-state index in [-0.39, 0.29) is 32.8 Å². The van der Waals surface area contributed by atoms with E-state index in [0.717, 1.165) is 58.2 Å². The Bertz CT molecular complexity index is 1670. The van der Waals surface area contributed by atoms with Gasteiger partial charge in [0, 0.05) is 58.6 Å². The molecule has 5 rings (SSSR count). The molecule has 0 saturated heterocycles. The maximum atomic E-state index is 10.5. The number of carboxylic acid groups (broad SMARTS) is 4. The van der Waals surface area contributed by atoms with E-state index in [1.807, 2.05) is 12.1 Å². The Hall–Kier alpha value is -5.96. The third kappa shape index (κ3) is 9.78. The van der Waals surface area contributed by atoms with Crippen LogP contribution in [0.1, 0.15) is 41.4 Å². The zero-order valence-electron chi connectivity index (χ0n) is 22.8. The summed E-state index contributed by atoms with van der Waals surface area (Å²) >= 11 is 0. The fraction of sp³-hybridized carbons (Fsp3) is 0. The van der Waals surface area contributed by atoms with Gasteiger partial charge in [-0.15, -0.1) is 0 Å². The zero-order chi connectivity index (χ0) is 32.6. The first-order chi connectivity index (χ1) is 20.8. The van der Waals surface area contributed by atoms with Crippen molar-refractivity contribution in [1.29, 1.82) is 0 Å². The standard InChI is InChI=1S/C12H8N2.2C8H5NO6.H2O.Pb/c1-3-9-5-6-10-4-2-8-14-12(10)11(9)13-7-1;2*10-7(11)4-1-5(8(12)13)3-6(2-4)9(14)15;;/h1-8H;2*1-3H,(H,10,11)(H,12,13);1H2;/q;;;;+2/p-2. The Morgan fingerprint density at radius 1 is 0.587 bits per heavy atom. The van der Waals surface area contributed by atoms with Gasteiger partial charge in [0.05, 0.1) is 43.9 Å². The van der Waals surface area contributed by atoms with Crippen molar-refractivity contribution in [1.82, 2.24) is 9.97 Å².